The maximum atomic E-state index is 11.0. The summed E-state index contributed by atoms with van der Waals surface area (Å²) >= 11 is 0. The third kappa shape index (κ3) is 12.6. The van der Waals surface area contributed by atoms with Crippen molar-refractivity contribution in [2.45, 2.75) is 89.4 Å². The summed E-state index contributed by atoms with van der Waals surface area (Å²) in [5.41, 5.74) is 0. The minimum atomic E-state index is -4.22. The van der Waals surface area contributed by atoms with Crippen LogP contribution in [0.25, 0.3) is 0 Å². The van der Waals surface area contributed by atoms with Gasteiger partial charge in [0.1, 0.15) is 0 Å². The molecule has 0 heterocycles. The largest absolute Gasteiger partial charge is 1.00 e. The van der Waals surface area contributed by atoms with Crippen molar-refractivity contribution < 1.29 is 47.6 Å². The van der Waals surface area contributed by atoms with Crippen molar-refractivity contribution in [1.29, 1.82) is 0 Å². The maximum Gasteiger partial charge on any atom is 1.00 e. The van der Waals surface area contributed by atoms with E-state index in [-0.39, 0.29) is 36.0 Å². The summed E-state index contributed by atoms with van der Waals surface area (Å²) in [6.45, 7) is 4.02. The van der Waals surface area contributed by atoms with Crippen molar-refractivity contribution in [3.63, 3.8) is 0 Å². The summed E-state index contributed by atoms with van der Waals surface area (Å²) in [5, 5.41) is 8.97. The van der Waals surface area contributed by atoms with Crippen LogP contribution in [-0.4, -0.2) is 29.4 Å². The molecule has 0 aliphatic heterocycles. The van der Waals surface area contributed by atoms with Crippen LogP contribution >= 0.6 is 0 Å². The van der Waals surface area contributed by atoms with Gasteiger partial charge in [0.15, 0.2) is 0 Å². The third-order valence-electron chi connectivity index (χ3n) is 3.48. The van der Waals surface area contributed by atoms with Gasteiger partial charge in [-0.2, -0.15) is 0 Å². The molecule has 0 fully saturated rings. The molecule has 0 bridgehead atoms. The quantitative estimate of drug-likeness (QED) is 0.317. The average molecular weight is 316 g/mol. The van der Waals surface area contributed by atoms with Crippen LogP contribution in [0.3, 0.4) is 0 Å². The fourth-order valence-corrected chi connectivity index (χ4v) is 3.21. The first-order valence-electron chi connectivity index (χ1n) is 7.54. The number of rotatable bonds is 12. The first kappa shape index (κ1) is 23.1. The van der Waals surface area contributed by atoms with E-state index < -0.39 is 21.5 Å². The predicted molar refractivity (Wildman–Crippen MR) is 77.0 cm³/mol. The Morgan fingerprint density at radius 2 is 1.50 bits per heavy atom. The molecular formula is C14H29NaO4S. The average Bonchev–Trinajstić information content (AvgIpc) is 2.32. The van der Waals surface area contributed by atoms with Gasteiger partial charge >= 0.3 is 29.6 Å². The molecule has 0 radical (unpaired) electrons. The van der Waals surface area contributed by atoms with Gasteiger partial charge in [0.2, 0.25) is 0 Å². The molecule has 0 aromatic heterocycles. The fourth-order valence-electron chi connectivity index (χ4n) is 2.26. The van der Waals surface area contributed by atoms with Crippen molar-refractivity contribution in [2.75, 3.05) is 0 Å². The van der Waals surface area contributed by atoms with Gasteiger partial charge < -0.3 is 9.66 Å². The number of aliphatic hydroxyl groups excluding tert-OH is 1. The molecule has 0 aromatic rings. The van der Waals surface area contributed by atoms with Crippen LogP contribution in [0.15, 0.2) is 0 Å². The van der Waals surface area contributed by atoms with E-state index in [2.05, 4.69) is 6.92 Å². The van der Waals surface area contributed by atoms with Gasteiger partial charge in [-0.15, -0.1) is 0 Å². The van der Waals surface area contributed by atoms with Crippen LogP contribution in [-0.2, 0) is 10.1 Å². The van der Waals surface area contributed by atoms with Crippen LogP contribution < -0.4 is 29.6 Å². The van der Waals surface area contributed by atoms with E-state index in [4.69, 9.17) is 0 Å². The normalized spacial score (nSPS) is 14.6. The van der Waals surface area contributed by atoms with E-state index in [9.17, 15) is 18.1 Å². The van der Waals surface area contributed by atoms with E-state index in [1.54, 1.807) is 0 Å². The summed E-state index contributed by atoms with van der Waals surface area (Å²) in [6.07, 6.45) is 7.73. The number of unbranched alkanes of at least 4 members (excludes halogenated alkanes) is 4. The summed E-state index contributed by atoms with van der Waals surface area (Å²) in [6, 6.07) is 0. The summed E-state index contributed by atoms with van der Waals surface area (Å²) in [7, 11) is -4.22. The molecule has 0 rings (SSSR count). The van der Waals surface area contributed by atoms with Crippen molar-refractivity contribution in [1.82, 2.24) is 0 Å². The standard InChI is InChI=1S/C14H30O4S.Na/c1-3-5-6-7-8-10-13(15)11-12-14(9-4-2)19(16,17)18;/h13-15H,3-12H2,1-2H3,(H,16,17,18);/q;+1/p-1. The van der Waals surface area contributed by atoms with Crippen LogP contribution in [0.4, 0.5) is 0 Å². The molecule has 0 aromatic carbocycles. The summed E-state index contributed by atoms with van der Waals surface area (Å²) in [4.78, 5) is 0. The maximum absolute atomic E-state index is 11.0. The number of aliphatic hydroxyl groups is 1. The zero-order valence-corrected chi connectivity index (χ0v) is 16.1. The molecule has 116 valence electrons. The second-order valence-electron chi connectivity index (χ2n) is 5.34. The van der Waals surface area contributed by atoms with E-state index in [0.29, 0.717) is 25.7 Å². The monoisotopic (exact) mass is 316 g/mol. The van der Waals surface area contributed by atoms with Crippen LogP contribution in [0.1, 0.15) is 78.1 Å². The number of hydrogen-bond donors (Lipinski definition) is 1. The molecule has 1 N–H and O–H groups in total. The number of hydrogen-bond acceptors (Lipinski definition) is 4. The van der Waals surface area contributed by atoms with Gasteiger partial charge in [-0.25, -0.2) is 8.42 Å². The Hall–Kier alpha value is 0.870. The second kappa shape index (κ2) is 13.5. The minimum absolute atomic E-state index is 0. The Morgan fingerprint density at radius 3 is 2.00 bits per heavy atom. The van der Waals surface area contributed by atoms with Gasteiger partial charge in [-0.3, -0.25) is 0 Å². The van der Waals surface area contributed by atoms with Gasteiger partial charge in [0.25, 0.3) is 0 Å². The molecular weight excluding hydrogens is 287 g/mol. The van der Waals surface area contributed by atoms with Crippen molar-refractivity contribution in [3.8, 4) is 0 Å². The molecule has 0 saturated heterocycles. The molecule has 0 spiro atoms. The smallest absolute Gasteiger partial charge is 0.748 e. The topological polar surface area (TPSA) is 77.4 Å². The second-order valence-corrected chi connectivity index (χ2v) is 6.99. The van der Waals surface area contributed by atoms with E-state index in [1.165, 1.54) is 19.3 Å². The first-order chi connectivity index (χ1) is 8.91. The zero-order chi connectivity index (χ0) is 14.7. The SMILES string of the molecule is CCCCCCCC(O)CCC(CCC)S(=O)(=O)[O-].[Na+]. The van der Waals surface area contributed by atoms with Gasteiger partial charge in [0.05, 0.1) is 16.2 Å². The van der Waals surface area contributed by atoms with Crippen LogP contribution in [0.5, 0.6) is 0 Å². The van der Waals surface area contributed by atoms with Gasteiger partial charge in [-0.1, -0.05) is 52.4 Å². The summed E-state index contributed by atoms with van der Waals surface area (Å²) in [5.74, 6) is 0. The summed E-state index contributed by atoms with van der Waals surface area (Å²) < 4.78 is 33.1. The Kier molecular flexibility index (Phi) is 15.7. The molecule has 0 saturated carbocycles. The molecule has 2 atom stereocenters. The van der Waals surface area contributed by atoms with Crippen molar-refractivity contribution in [3.05, 3.63) is 0 Å². The molecule has 0 aliphatic carbocycles. The van der Waals surface area contributed by atoms with E-state index >= 15 is 0 Å². The Labute approximate surface area is 146 Å². The fraction of sp³-hybridized carbons (Fsp3) is 1.00. The predicted octanol–water partition coefficient (Wildman–Crippen LogP) is 0.206. The van der Waals surface area contributed by atoms with E-state index in [1.807, 2.05) is 6.92 Å². The van der Waals surface area contributed by atoms with Crippen LogP contribution in [0.2, 0.25) is 0 Å². The van der Waals surface area contributed by atoms with Gasteiger partial charge in [-0.05, 0) is 25.7 Å². The minimum Gasteiger partial charge on any atom is -0.748 e. The van der Waals surface area contributed by atoms with Crippen LogP contribution in [0, 0.1) is 0 Å². The first-order valence-corrected chi connectivity index (χ1v) is 9.01. The third-order valence-corrected chi connectivity index (χ3v) is 4.77. The van der Waals surface area contributed by atoms with Gasteiger partial charge in [0, 0.05) is 5.25 Å². The van der Waals surface area contributed by atoms with Crippen molar-refractivity contribution >= 4 is 10.1 Å². The molecule has 20 heavy (non-hydrogen) atoms. The molecule has 0 amide bonds. The molecule has 6 heteroatoms. The van der Waals surface area contributed by atoms with E-state index in [0.717, 1.165) is 12.8 Å². The molecule has 0 aliphatic rings. The Balaban J connectivity index is 0. The molecule has 2 unspecified atom stereocenters. The van der Waals surface area contributed by atoms with Crippen molar-refractivity contribution in [2.24, 2.45) is 0 Å². The zero-order valence-electron chi connectivity index (χ0n) is 13.3. The Bertz CT molecular complexity index is 306. The Morgan fingerprint density at radius 1 is 0.900 bits per heavy atom. The molecule has 4 nitrogen and oxygen atoms in total.